The number of rotatable bonds is 3. The first-order valence-corrected chi connectivity index (χ1v) is 11.5. The van der Waals surface area contributed by atoms with E-state index in [1.165, 1.54) is 16.7 Å². The quantitative estimate of drug-likeness (QED) is 0.520. The first-order chi connectivity index (χ1) is 14.8. The average molecular weight is 454 g/mol. The van der Waals surface area contributed by atoms with Crippen LogP contribution in [0.2, 0.25) is 0 Å². The fourth-order valence-corrected chi connectivity index (χ4v) is 6.38. The molecule has 3 saturated heterocycles. The van der Waals surface area contributed by atoms with Crippen LogP contribution in [0.4, 0.5) is 5.69 Å². The molecule has 0 aliphatic carbocycles. The second kappa shape index (κ2) is 7.41. The van der Waals surface area contributed by atoms with Crippen molar-refractivity contribution in [2.45, 2.75) is 36.9 Å². The third-order valence-electron chi connectivity index (χ3n) is 6.49. The van der Waals surface area contributed by atoms with E-state index in [0.717, 1.165) is 9.88 Å². The van der Waals surface area contributed by atoms with Crippen molar-refractivity contribution in [2.75, 3.05) is 11.9 Å². The van der Waals surface area contributed by atoms with Gasteiger partial charge in [0, 0.05) is 7.05 Å². The maximum atomic E-state index is 13.6. The van der Waals surface area contributed by atoms with Crippen molar-refractivity contribution >= 4 is 45.8 Å². The second-order valence-electron chi connectivity index (χ2n) is 8.56. The van der Waals surface area contributed by atoms with Gasteiger partial charge in [0.15, 0.2) is 6.10 Å². The zero-order valence-corrected chi connectivity index (χ0v) is 19.1. The van der Waals surface area contributed by atoms with E-state index in [1.807, 2.05) is 60.6 Å². The summed E-state index contributed by atoms with van der Waals surface area (Å²) in [7, 11) is 1.97. The van der Waals surface area contributed by atoms with Crippen molar-refractivity contribution in [3.63, 3.8) is 0 Å². The molecule has 2 amide bonds. The molecule has 2 aromatic rings. The summed E-state index contributed by atoms with van der Waals surface area (Å²) in [6, 6.07) is 18.5. The number of carbonyl (C=O) groups is 2. The smallest absolute Gasteiger partial charge is 0.265 e. The van der Waals surface area contributed by atoms with Crippen LogP contribution in [0.1, 0.15) is 25.5 Å². The zero-order valence-electron chi connectivity index (χ0n) is 17.5. The minimum atomic E-state index is -0.853. The third-order valence-corrected chi connectivity index (χ3v) is 8.53. The average Bonchev–Trinajstić information content (AvgIpc) is 3.34. The predicted octanol–water partition coefficient (Wildman–Crippen LogP) is 3.60. The molecule has 4 atom stereocenters. The van der Waals surface area contributed by atoms with Crippen molar-refractivity contribution in [1.82, 2.24) is 9.96 Å². The van der Waals surface area contributed by atoms with Gasteiger partial charge in [-0.2, -0.15) is 5.06 Å². The number of likely N-dealkylation sites (N-methyl/N-ethyl adjacent to an activating group) is 1. The molecular weight excluding hydrogens is 430 g/mol. The van der Waals surface area contributed by atoms with Gasteiger partial charge in [-0.05, 0) is 31.5 Å². The second-order valence-corrected chi connectivity index (χ2v) is 10.3. The van der Waals surface area contributed by atoms with Gasteiger partial charge in [-0.3, -0.25) is 14.4 Å². The molecule has 3 aliphatic heterocycles. The molecule has 8 heteroatoms. The zero-order chi connectivity index (χ0) is 21.9. The Morgan fingerprint density at radius 3 is 2.16 bits per heavy atom. The molecule has 3 heterocycles. The fourth-order valence-electron chi connectivity index (χ4n) is 4.55. The van der Waals surface area contributed by atoms with Crippen LogP contribution in [0, 0.1) is 5.92 Å². The Balaban J connectivity index is 1.57. The number of hydroxylamine groups is 2. The lowest BCUT2D eigenvalue weighted by atomic mass is 9.90. The van der Waals surface area contributed by atoms with E-state index < -0.39 is 12.0 Å². The summed E-state index contributed by atoms with van der Waals surface area (Å²) in [5.74, 6) is -1.17. The number of benzene rings is 2. The summed E-state index contributed by atoms with van der Waals surface area (Å²) in [6.45, 7) is 4.20. The lowest BCUT2D eigenvalue weighted by Crippen LogP contribution is -2.51. The number of hydrogen-bond donors (Lipinski definition) is 0. The molecule has 0 spiro atoms. The largest absolute Gasteiger partial charge is 0.353 e. The molecule has 3 fully saturated rings. The van der Waals surface area contributed by atoms with Gasteiger partial charge in [0.2, 0.25) is 5.91 Å². The first-order valence-electron chi connectivity index (χ1n) is 10.2. The standard InChI is InChI=1S/C23H23N3O3S2/c1-23(2)21(31-22(30)24(23)3)26-17(14-10-6-4-7-11-14)16-18(29-26)20(28)25(19(16)27)15-12-8-5-9-13-15/h4-13,16-18,21H,1-3H3/t16-,17+,18+,21+/m0/s1. The van der Waals surface area contributed by atoms with Crippen molar-refractivity contribution in [2.24, 2.45) is 5.92 Å². The van der Waals surface area contributed by atoms with E-state index in [2.05, 4.69) is 18.7 Å². The molecule has 3 aliphatic rings. The minimum absolute atomic E-state index is 0.161. The van der Waals surface area contributed by atoms with Gasteiger partial charge in [0.25, 0.3) is 5.91 Å². The summed E-state index contributed by atoms with van der Waals surface area (Å²) in [6.07, 6.45) is -0.853. The van der Waals surface area contributed by atoms with Gasteiger partial charge < -0.3 is 4.90 Å². The van der Waals surface area contributed by atoms with Crippen molar-refractivity contribution in [3.8, 4) is 0 Å². The van der Waals surface area contributed by atoms with Crippen molar-refractivity contribution in [3.05, 3.63) is 66.2 Å². The number of carbonyl (C=O) groups excluding carboxylic acids is 2. The molecule has 0 unspecified atom stereocenters. The Bertz CT molecular complexity index is 1050. The molecule has 0 saturated carbocycles. The van der Waals surface area contributed by atoms with E-state index in [0.29, 0.717) is 5.69 Å². The van der Waals surface area contributed by atoms with Crippen LogP contribution < -0.4 is 4.90 Å². The van der Waals surface area contributed by atoms with Crippen LogP contribution in [0.25, 0.3) is 0 Å². The van der Waals surface area contributed by atoms with E-state index in [-0.39, 0.29) is 28.8 Å². The molecule has 2 aromatic carbocycles. The van der Waals surface area contributed by atoms with E-state index in [4.69, 9.17) is 17.1 Å². The highest BCUT2D eigenvalue weighted by Crippen LogP contribution is 2.52. The van der Waals surface area contributed by atoms with E-state index in [9.17, 15) is 9.59 Å². The first kappa shape index (κ1) is 20.6. The van der Waals surface area contributed by atoms with Gasteiger partial charge in [-0.25, -0.2) is 4.90 Å². The van der Waals surface area contributed by atoms with Crippen LogP contribution in [-0.4, -0.2) is 50.2 Å². The topological polar surface area (TPSA) is 53.1 Å². The number of thioether (sulfide) groups is 1. The maximum Gasteiger partial charge on any atom is 0.265 e. The SMILES string of the molecule is CN1C(=S)S[C@@H](N2O[C@H]3C(=O)N(c4ccccc4)C(=O)[C@H]3[C@H]2c2ccccc2)C1(C)C. The van der Waals surface area contributed by atoms with Gasteiger partial charge >= 0.3 is 0 Å². The summed E-state index contributed by atoms with van der Waals surface area (Å²) >= 11 is 7.09. The monoisotopic (exact) mass is 453 g/mol. The summed E-state index contributed by atoms with van der Waals surface area (Å²) in [5.41, 5.74) is 1.19. The summed E-state index contributed by atoms with van der Waals surface area (Å²) in [5, 5.41) is 1.69. The normalized spacial score (nSPS) is 30.4. The number of imide groups is 1. The van der Waals surface area contributed by atoms with E-state index >= 15 is 0 Å². The molecular formula is C23H23N3O3S2. The van der Waals surface area contributed by atoms with Gasteiger partial charge in [0.05, 0.1) is 23.2 Å². The van der Waals surface area contributed by atoms with Crippen LogP contribution in [0.3, 0.4) is 0 Å². The van der Waals surface area contributed by atoms with Gasteiger partial charge in [-0.15, -0.1) is 0 Å². The summed E-state index contributed by atoms with van der Waals surface area (Å²) in [4.78, 5) is 36.6. The van der Waals surface area contributed by atoms with Crippen molar-refractivity contribution < 1.29 is 14.4 Å². The fraction of sp³-hybridized carbons (Fsp3) is 0.348. The molecule has 0 bridgehead atoms. The number of para-hydroxylation sites is 1. The van der Waals surface area contributed by atoms with Gasteiger partial charge in [0.1, 0.15) is 9.69 Å². The lowest BCUT2D eigenvalue weighted by molar-refractivity contribution is -0.188. The predicted molar refractivity (Wildman–Crippen MR) is 124 cm³/mol. The molecule has 31 heavy (non-hydrogen) atoms. The molecule has 5 rings (SSSR count). The highest BCUT2D eigenvalue weighted by Gasteiger charge is 2.63. The Kier molecular flexibility index (Phi) is 4.93. The number of nitrogens with zero attached hydrogens (tertiary/aromatic N) is 3. The van der Waals surface area contributed by atoms with Crippen LogP contribution >= 0.6 is 24.0 Å². The Hall–Kier alpha value is -2.26. The molecule has 160 valence electrons. The lowest BCUT2D eigenvalue weighted by Gasteiger charge is -2.39. The molecule has 0 N–H and O–H groups in total. The van der Waals surface area contributed by atoms with Crippen molar-refractivity contribution in [1.29, 1.82) is 0 Å². The number of anilines is 1. The highest BCUT2D eigenvalue weighted by molar-refractivity contribution is 8.23. The van der Waals surface area contributed by atoms with Crippen LogP contribution in [-0.2, 0) is 14.4 Å². The highest BCUT2D eigenvalue weighted by atomic mass is 32.2. The summed E-state index contributed by atoms with van der Waals surface area (Å²) < 4.78 is 0.769. The van der Waals surface area contributed by atoms with Crippen LogP contribution in [0.15, 0.2) is 60.7 Å². The van der Waals surface area contributed by atoms with E-state index in [1.54, 1.807) is 12.1 Å². The number of amides is 2. The number of fused-ring (bicyclic) bond motifs is 1. The molecule has 0 aromatic heterocycles. The minimum Gasteiger partial charge on any atom is -0.353 e. The Morgan fingerprint density at radius 2 is 1.58 bits per heavy atom. The number of hydrogen-bond acceptors (Lipinski definition) is 6. The Morgan fingerprint density at radius 1 is 0.968 bits per heavy atom. The maximum absolute atomic E-state index is 13.6. The van der Waals surface area contributed by atoms with Crippen LogP contribution in [0.5, 0.6) is 0 Å². The van der Waals surface area contributed by atoms with Gasteiger partial charge in [-0.1, -0.05) is 72.5 Å². The number of thiocarbonyl (C=S) groups is 1. The Labute approximate surface area is 191 Å². The third kappa shape index (κ3) is 3.04. The molecule has 6 nitrogen and oxygen atoms in total. The molecule has 0 radical (unpaired) electrons.